The highest BCUT2D eigenvalue weighted by Crippen LogP contribution is 2.43. The molecule has 0 atom stereocenters. The lowest BCUT2D eigenvalue weighted by Gasteiger charge is -2.37. The van der Waals surface area contributed by atoms with Gasteiger partial charge in [0.25, 0.3) is 5.91 Å². The maximum absolute atomic E-state index is 15.6. The molecule has 0 spiro atoms. The van der Waals surface area contributed by atoms with Crippen molar-refractivity contribution in [3.05, 3.63) is 53.1 Å². The summed E-state index contributed by atoms with van der Waals surface area (Å²) < 4.78 is 158. The van der Waals surface area contributed by atoms with E-state index >= 15 is 4.39 Å². The van der Waals surface area contributed by atoms with Crippen molar-refractivity contribution in [2.75, 3.05) is 13.3 Å². The van der Waals surface area contributed by atoms with Gasteiger partial charge in [0.05, 0.1) is 20.9 Å². The number of halogens is 8. The minimum Gasteiger partial charge on any atom is -0.337 e. The third kappa shape index (κ3) is 6.18. The molecule has 216 valence electrons. The minimum absolute atomic E-state index is 0.0570. The first kappa shape index (κ1) is 30.7. The van der Waals surface area contributed by atoms with Gasteiger partial charge in [0.15, 0.2) is 9.84 Å². The van der Waals surface area contributed by atoms with E-state index in [2.05, 4.69) is 4.98 Å². The van der Waals surface area contributed by atoms with Crippen LogP contribution in [-0.4, -0.2) is 57.0 Å². The van der Waals surface area contributed by atoms with E-state index in [9.17, 15) is 52.4 Å². The summed E-state index contributed by atoms with van der Waals surface area (Å²) in [6, 6.07) is -0.258. The van der Waals surface area contributed by atoms with Crippen LogP contribution in [-0.2, 0) is 32.0 Å². The number of benzene rings is 1. The SMILES string of the molecule is CN(C(=O)c1ncc(C(F)(F)F)cc1S(C)(=O)=O)[C@H]1CC[C@@](F)(S(=O)(=O)c2cc(F)cc(C(F)(F)F)c2)CC1. The van der Waals surface area contributed by atoms with Crippen LogP contribution in [0.1, 0.15) is 47.3 Å². The van der Waals surface area contributed by atoms with Crippen LogP contribution in [0.15, 0.2) is 40.3 Å². The maximum Gasteiger partial charge on any atom is 0.417 e. The average molecular weight is 609 g/mol. The molecular formula is C22H20F8N2O5S2. The molecule has 2 aromatic rings. The van der Waals surface area contributed by atoms with E-state index in [0.717, 1.165) is 11.9 Å². The Morgan fingerprint density at radius 2 is 1.49 bits per heavy atom. The van der Waals surface area contributed by atoms with Crippen molar-refractivity contribution in [2.45, 2.75) is 58.9 Å². The van der Waals surface area contributed by atoms with Crippen LogP contribution in [0.4, 0.5) is 35.1 Å². The van der Waals surface area contributed by atoms with Gasteiger partial charge in [-0.05, 0) is 49.9 Å². The third-order valence-corrected chi connectivity index (χ3v) is 9.68. The van der Waals surface area contributed by atoms with E-state index < -0.39 is 94.2 Å². The zero-order valence-corrected chi connectivity index (χ0v) is 21.7. The maximum atomic E-state index is 15.6. The van der Waals surface area contributed by atoms with Crippen LogP contribution < -0.4 is 0 Å². The summed E-state index contributed by atoms with van der Waals surface area (Å²) in [6.07, 6.45) is -11.6. The molecule has 1 aliphatic rings. The van der Waals surface area contributed by atoms with E-state index in [-0.39, 0.29) is 43.3 Å². The van der Waals surface area contributed by atoms with Gasteiger partial charge in [-0.3, -0.25) is 4.79 Å². The monoisotopic (exact) mass is 608 g/mol. The molecule has 1 aromatic heterocycles. The largest absolute Gasteiger partial charge is 0.417 e. The van der Waals surface area contributed by atoms with Gasteiger partial charge in [-0.25, -0.2) is 30.6 Å². The quantitative estimate of drug-likeness (QED) is 0.452. The van der Waals surface area contributed by atoms with Crippen molar-refractivity contribution >= 4 is 25.6 Å². The Morgan fingerprint density at radius 1 is 0.949 bits per heavy atom. The highest BCUT2D eigenvalue weighted by Gasteiger charge is 2.49. The lowest BCUT2D eigenvalue weighted by molar-refractivity contribution is -0.138. The number of pyridine rings is 1. The molecule has 1 heterocycles. The Morgan fingerprint density at radius 3 is 1.97 bits per heavy atom. The molecule has 0 saturated heterocycles. The summed E-state index contributed by atoms with van der Waals surface area (Å²) in [7, 11) is -8.39. The normalized spacial score (nSPS) is 21.0. The Labute approximate surface area is 217 Å². The molecule has 1 aliphatic carbocycles. The molecule has 0 unspecified atom stereocenters. The summed E-state index contributed by atoms with van der Waals surface area (Å²) in [5.74, 6) is -2.68. The summed E-state index contributed by atoms with van der Waals surface area (Å²) in [5.41, 5.74) is -3.88. The highest BCUT2D eigenvalue weighted by atomic mass is 32.2. The predicted molar refractivity (Wildman–Crippen MR) is 119 cm³/mol. The molecule has 0 N–H and O–H groups in total. The van der Waals surface area contributed by atoms with Crippen molar-refractivity contribution in [1.29, 1.82) is 0 Å². The van der Waals surface area contributed by atoms with Gasteiger partial charge >= 0.3 is 12.4 Å². The van der Waals surface area contributed by atoms with Crippen LogP contribution in [0.25, 0.3) is 0 Å². The van der Waals surface area contributed by atoms with Crippen molar-refractivity contribution in [3.8, 4) is 0 Å². The first-order valence-corrected chi connectivity index (χ1v) is 14.3. The van der Waals surface area contributed by atoms with Gasteiger partial charge in [-0.1, -0.05) is 0 Å². The number of carbonyl (C=O) groups excluding carboxylic acids is 1. The Hall–Kier alpha value is -2.82. The molecule has 0 aliphatic heterocycles. The molecule has 1 amide bonds. The van der Waals surface area contributed by atoms with Crippen LogP contribution in [0.2, 0.25) is 0 Å². The van der Waals surface area contributed by atoms with Crippen molar-refractivity contribution < 1.29 is 56.8 Å². The summed E-state index contributed by atoms with van der Waals surface area (Å²) in [6.45, 7) is 0. The fourth-order valence-electron chi connectivity index (χ4n) is 4.16. The van der Waals surface area contributed by atoms with Gasteiger partial charge in [-0.2, -0.15) is 26.3 Å². The van der Waals surface area contributed by atoms with E-state index in [4.69, 9.17) is 0 Å². The van der Waals surface area contributed by atoms with Crippen LogP contribution >= 0.6 is 0 Å². The topological polar surface area (TPSA) is 101 Å². The number of aromatic nitrogens is 1. The molecule has 1 fully saturated rings. The van der Waals surface area contributed by atoms with E-state index in [1.165, 1.54) is 0 Å². The van der Waals surface area contributed by atoms with Gasteiger partial charge in [-0.15, -0.1) is 0 Å². The van der Waals surface area contributed by atoms with Gasteiger partial charge in [0, 0.05) is 25.5 Å². The standard InChI is InChI=1S/C22H20F8N2O5S2/c1-32(19(33)18-17(38(2,34)35)9-13(11-31-18)22(28,29)30)15-3-5-20(24,6-4-15)39(36,37)16-8-12(21(25,26)27)7-14(23)10-16/h7-11,15H,3-6H2,1-2H3/t15-,20+. The number of alkyl halides is 7. The first-order valence-electron chi connectivity index (χ1n) is 10.9. The number of hydrogen-bond donors (Lipinski definition) is 0. The van der Waals surface area contributed by atoms with Gasteiger partial charge in [0.1, 0.15) is 11.5 Å². The molecule has 1 aromatic carbocycles. The zero-order chi connectivity index (χ0) is 29.8. The summed E-state index contributed by atoms with van der Waals surface area (Å²) >= 11 is 0. The van der Waals surface area contributed by atoms with Gasteiger partial charge in [0.2, 0.25) is 14.8 Å². The minimum atomic E-state index is -5.14. The van der Waals surface area contributed by atoms with Crippen LogP contribution in [0, 0.1) is 5.82 Å². The number of nitrogens with zero attached hydrogens (tertiary/aromatic N) is 2. The number of rotatable bonds is 5. The summed E-state index contributed by atoms with van der Waals surface area (Å²) in [4.78, 5) is 15.0. The smallest absolute Gasteiger partial charge is 0.337 e. The molecule has 0 radical (unpaired) electrons. The third-order valence-electron chi connectivity index (χ3n) is 6.34. The second-order valence-electron chi connectivity index (χ2n) is 9.05. The Bertz CT molecular complexity index is 1500. The molecule has 0 bridgehead atoms. The Kier molecular flexibility index (Phi) is 7.86. The van der Waals surface area contributed by atoms with Crippen LogP contribution in [0.5, 0.6) is 0 Å². The molecule has 1 saturated carbocycles. The highest BCUT2D eigenvalue weighted by molar-refractivity contribution is 7.92. The number of amides is 1. The fourth-order valence-corrected chi connectivity index (χ4v) is 6.74. The lowest BCUT2D eigenvalue weighted by atomic mass is 9.92. The fraction of sp³-hybridized carbons (Fsp3) is 0.455. The second-order valence-corrected chi connectivity index (χ2v) is 13.2. The van der Waals surface area contributed by atoms with E-state index in [1.54, 1.807) is 0 Å². The molecule has 39 heavy (non-hydrogen) atoms. The first-order chi connectivity index (χ1) is 17.6. The molecule has 3 rings (SSSR count). The van der Waals surface area contributed by atoms with E-state index in [1.807, 2.05) is 0 Å². The molecule has 17 heteroatoms. The van der Waals surface area contributed by atoms with Crippen LogP contribution in [0.3, 0.4) is 0 Å². The van der Waals surface area contributed by atoms with Crippen molar-refractivity contribution in [1.82, 2.24) is 9.88 Å². The summed E-state index contributed by atoms with van der Waals surface area (Å²) in [5, 5.41) is -3.12. The number of hydrogen-bond acceptors (Lipinski definition) is 6. The molecular weight excluding hydrogens is 588 g/mol. The van der Waals surface area contributed by atoms with Crippen molar-refractivity contribution in [3.63, 3.8) is 0 Å². The average Bonchev–Trinajstić information content (AvgIpc) is 2.81. The van der Waals surface area contributed by atoms with Crippen molar-refractivity contribution in [2.24, 2.45) is 0 Å². The van der Waals surface area contributed by atoms with Gasteiger partial charge < -0.3 is 4.90 Å². The Balaban J connectivity index is 1.86. The number of sulfone groups is 2. The zero-order valence-electron chi connectivity index (χ0n) is 20.1. The predicted octanol–water partition coefficient (Wildman–Crippen LogP) is 4.82. The number of carbonyl (C=O) groups is 1. The van der Waals surface area contributed by atoms with E-state index in [0.29, 0.717) is 6.26 Å². The lowest BCUT2D eigenvalue weighted by Crippen LogP contribution is -2.46. The second kappa shape index (κ2) is 9.98. The molecule has 7 nitrogen and oxygen atoms in total.